The number of aryl methyl sites for hydroxylation is 2. The minimum atomic E-state index is -0.954. The zero-order valence-corrected chi connectivity index (χ0v) is 34.6. The molecular formula is C44H48Cl3N5O5. The van der Waals surface area contributed by atoms with E-state index in [0.717, 1.165) is 22.3 Å². The first-order valence-corrected chi connectivity index (χ1v) is 20.4. The maximum absolute atomic E-state index is 14.5. The van der Waals surface area contributed by atoms with E-state index in [1.165, 1.54) is 4.90 Å². The molecule has 300 valence electrons. The molecule has 4 aromatic rings. The summed E-state index contributed by atoms with van der Waals surface area (Å²) < 4.78 is 0. The summed E-state index contributed by atoms with van der Waals surface area (Å²) in [7, 11) is 0. The van der Waals surface area contributed by atoms with Gasteiger partial charge in [0.1, 0.15) is 17.8 Å². The van der Waals surface area contributed by atoms with Gasteiger partial charge in [-0.15, -0.1) is 0 Å². The van der Waals surface area contributed by atoms with E-state index in [1.54, 1.807) is 60.9 Å². The summed E-state index contributed by atoms with van der Waals surface area (Å²) in [5, 5.41) is 14.6. The number of likely N-dealkylation sites (tertiary alicyclic amines) is 1. The molecule has 3 atom stereocenters. The highest BCUT2D eigenvalue weighted by molar-refractivity contribution is 6.42. The second kappa shape index (κ2) is 18.3. The van der Waals surface area contributed by atoms with Crippen LogP contribution in [0.15, 0.2) is 78.9 Å². The van der Waals surface area contributed by atoms with Crippen LogP contribution in [0.3, 0.4) is 0 Å². The Balaban J connectivity index is 1.22. The van der Waals surface area contributed by atoms with Gasteiger partial charge in [-0.05, 0) is 96.8 Å². The molecule has 0 aromatic heterocycles. The lowest BCUT2D eigenvalue weighted by molar-refractivity contribution is -0.144. The number of nitrogens with one attached hydrogen (secondary N) is 1. The molecule has 57 heavy (non-hydrogen) atoms. The summed E-state index contributed by atoms with van der Waals surface area (Å²) >= 11 is 18.7. The number of amides is 4. The number of rotatable bonds is 11. The van der Waals surface area contributed by atoms with E-state index >= 15 is 0 Å². The number of anilines is 1. The lowest BCUT2D eigenvalue weighted by atomic mass is 9.91. The van der Waals surface area contributed by atoms with Crippen LogP contribution in [0.2, 0.25) is 15.1 Å². The summed E-state index contributed by atoms with van der Waals surface area (Å²) in [5.41, 5.74) is 12.1. The first-order chi connectivity index (χ1) is 27.2. The van der Waals surface area contributed by atoms with Crippen LogP contribution in [0.25, 0.3) is 0 Å². The van der Waals surface area contributed by atoms with E-state index < -0.39 is 24.0 Å². The Morgan fingerprint density at radius 3 is 2.12 bits per heavy atom. The lowest BCUT2D eigenvalue weighted by Gasteiger charge is -2.40. The third-order valence-corrected chi connectivity index (χ3v) is 12.0. The molecule has 2 heterocycles. The molecule has 10 nitrogen and oxygen atoms in total. The van der Waals surface area contributed by atoms with Crippen LogP contribution < -0.4 is 16.0 Å². The van der Waals surface area contributed by atoms with Gasteiger partial charge in [0.05, 0.1) is 16.1 Å². The van der Waals surface area contributed by atoms with Crippen LogP contribution in [0.5, 0.6) is 5.75 Å². The van der Waals surface area contributed by atoms with Crippen molar-refractivity contribution in [3.8, 4) is 5.75 Å². The average Bonchev–Trinajstić information content (AvgIpc) is 3.20. The van der Waals surface area contributed by atoms with Crippen molar-refractivity contribution in [1.29, 1.82) is 0 Å². The molecule has 1 saturated heterocycles. The van der Waals surface area contributed by atoms with Crippen molar-refractivity contribution < 1.29 is 24.3 Å². The molecule has 0 spiro atoms. The normalized spacial score (nSPS) is 16.7. The van der Waals surface area contributed by atoms with Gasteiger partial charge in [0.15, 0.2) is 0 Å². The van der Waals surface area contributed by atoms with E-state index in [4.69, 9.17) is 40.5 Å². The van der Waals surface area contributed by atoms with Crippen molar-refractivity contribution in [3.63, 3.8) is 0 Å². The number of nitrogens with zero attached hydrogens (tertiary/aromatic N) is 3. The van der Waals surface area contributed by atoms with Crippen molar-refractivity contribution in [2.45, 2.75) is 90.0 Å². The summed E-state index contributed by atoms with van der Waals surface area (Å²) in [5.74, 6) is -0.963. The molecule has 6 rings (SSSR count). The van der Waals surface area contributed by atoms with E-state index in [1.807, 2.05) is 48.5 Å². The molecule has 4 N–H and O–H groups in total. The average molecular weight is 833 g/mol. The number of aromatic hydroxyl groups is 1. The Morgan fingerprint density at radius 1 is 0.842 bits per heavy atom. The first kappa shape index (κ1) is 42.0. The number of phenols is 1. The number of phenolic OH excluding ortho intramolecular Hbond substituents is 1. The van der Waals surface area contributed by atoms with Crippen molar-refractivity contribution >= 4 is 64.1 Å². The minimum absolute atomic E-state index is 0.0628. The molecule has 0 bridgehead atoms. The molecule has 0 radical (unpaired) electrons. The van der Waals surface area contributed by atoms with E-state index in [-0.39, 0.29) is 55.3 Å². The Morgan fingerprint density at radius 2 is 1.49 bits per heavy atom. The smallest absolute Gasteiger partial charge is 0.245 e. The topological polar surface area (TPSA) is 136 Å². The number of carbonyl (C=O) groups excluding carboxylic acids is 4. The van der Waals surface area contributed by atoms with Crippen LogP contribution in [0.1, 0.15) is 59.6 Å². The number of halogens is 3. The SMILES string of the molecule is CCC(=O)N(c1ccc(Cl)c(Cl)c1)C1CCN(C(=O)[C@H](Cc2ccc(Cl)cc2)NC(=O)[C@H]2Cc3ccccc3CN2C(=O)[C@@H](N)Cc2cc(C)c(O)c(C)c2)CC1. The van der Waals surface area contributed by atoms with Crippen molar-refractivity contribution in [3.05, 3.63) is 127 Å². The van der Waals surface area contributed by atoms with Crippen LogP contribution in [-0.4, -0.2) is 75.8 Å². The number of hydrogen-bond donors (Lipinski definition) is 3. The van der Waals surface area contributed by atoms with Crippen LogP contribution >= 0.6 is 34.8 Å². The molecule has 1 fully saturated rings. The molecule has 4 aromatic carbocycles. The Labute approximate surface area is 348 Å². The second-order valence-corrected chi connectivity index (χ2v) is 16.3. The number of benzene rings is 4. The van der Waals surface area contributed by atoms with Gasteiger partial charge in [0.25, 0.3) is 0 Å². The fraction of sp³-hybridized carbons (Fsp3) is 0.364. The molecule has 13 heteroatoms. The van der Waals surface area contributed by atoms with Gasteiger partial charge in [0, 0.05) is 55.6 Å². The minimum Gasteiger partial charge on any atom is -0.507 e. The number of piperidine rings is 1. The monoisotopic (exact) mass is 831 g/mol. The lowest BCUT2D eigenvalue weighted by Crippen LogP contribution is -2.60. The van der Waals surface area contributed by atoms with Crippen molar-refractivity contribution in [1.82, 2.24) is 15.1 Å². The van der Waals surface area contributed by atoms with Gasteiger partial charge in [0.2, 0.25) is 23.6 Å². The second-order valence-electron chi connectivity index (χ2n) is 15.0. The molecule has 0 unspecified atom stereocenters. The number of hydrogen-bond acceptors (Lipinski definition) is 6. The van der Waals surface area contributed by atoms with Gasteiger partial charge in [-0.25, -0.2) is 0 Å². The Hall–Kier alpha value is -4.61. The zero-order chi connectivity index (χ0) is 41.0. The highest BCUT2D eigenvalue weighted by Crippen LogP contribution is 2.32. The third-order valence-electron chi connectivity index (χ3n) is 11.0. The molecule has 2 aliphatic rings. The summed E-state index contributed by atoms with van der Waals surface area (Å²) in [6, 6.07) is 20.6. The Kier molecular flexibility index (Phi) is 13.5. The first-order valence-electron chi connectivity index (χ1n) is 19.3. The molecule has 0 saturated carbocycles. The predicted molar refractivity (Wildman–Crippen MR) is 225 cm³/mol. The standard InChI is InChI=1S/C44H48Cl3N5O5/c1-4-40(53)52(34-13-14-35(46)36(47)24-34)33-15-17-50(18-16-33)44(57)38(22-28-9-11-32(45)12-10-28)49-42(55)39-23-30-7-5-6-8-31(30)25-51(39)43(56)37(48)21-29-19-26(2)41(54)27(3)20-29/h5-14,19-20,24,33,37-39,54H,4,15-18,21-23,25,48H2,1-3H3,(H,49,55)/t37-,38-,39+/m0/s1. The summed E-state index contributed by atoms with van der Waals surface area (Å²) in [6.45, 7) is 6.30. The fourth-order valence-electron chi connectivity index (χ4n) is 7.96. The van der Waals surface area contributed by atoms with Gasteiger partial charge in [-0.3, -0.25) is 19.2 Å². The van der Waals surface area contributed by atoms with Gasteiger partial charge in [-0.1, -0.05) is 90.3 Å². The van der Waals surface area contributed by atoms with Gasteiger partial charge >= 0.3 is 0 Å². The number of nitrogens with two attached hydrogens (primary N) is 1. The van der Waals surface area contributed by atoms with E-state index in [0.29, 0.717) is 64.2 Å². The van der Waals surface area contributed by atoms with Gasteiger partial charge in [-0.2, -0.15) is 0 Å². The van der Waals surface area contributed by atoms with Crippen molar-refractivity contribution in [2.75, 3.05) is 18.0 Å². The molecule has 4 amide bonds. The third kappa shape index (κ3) is 9.75. The Bertz CT molecular complexity index is 2120. The predicted octanol–water partition coefficient (Wildman–Crippen LogP) is 6.95. The van der Waals surface area contributed by atoms with Crippen LogP contribution in [0.4, 0.5) is 5.69 Å². The fourth-order valence-corrected chi connectivity index (χ4v) is 8.38. The van der Waals surface area contributed by atoms with Crippen LogP contribution in [-0.2, 0) is 45.0 Å². The summed E-state index contributed by atoms with van der Waals surface area (Å²) in [4.78, 5) is 61.4. The maximum Gasteiger partial charge on any atom is 0.245 e. The highest BCUT2D eigenvalue weighted by Gasteiger charge is 2.39. The zero-order valence-electron chi connectivity index (χ0n) is 32.3. The van der Waals surface area contributed by atoms with E-state index in [2.05, 4.69) is 5.32 Å². The van der Waals surface area contributed by atoms with Crippen molar-refractivity contribution in [2.24, 2.45) is 5.73 Å². The molecule has 2 aliphatic heterocycles. The quantitative estimate of drug-likeness (QED) is 0.150. The molecular weight excluding hydrogens is 785 g/mol. The summed E-state index contributed by atoms with van der Waals surface area (Å²) in [6.07, 6.45) is 1.98. The van der Waals surface area contributed by atoms with E-state index in [9.17, 15) is 24.3 Å². The highest BCUT2D eigenvalue weighted by atomic mass is 35.5. The van der Waals surface area contributed by atoms with Gasteiger partial charge < -0.3 is 30.9 Å². The number of carbonyl (C=O) groups is 4. The number of fused-ring (bicyclic) bond motifs is 1. The largest absolute Gasteiger partial charge is 0.507 e. The molecule has 0 aliphatic carbocycles. The maximum atomic E-state index is 14.5. The van der Waals surface area contributed by atoms with Crippen LogP contribution in [0, 0.1) is 13.8 Å².